The molecule has 0 radical (unpaired) electrons. The first-order valence-electron chi connectivity index (χ1n) is 7.12. The number of hydrogen-bond donors (Lipinski definition) is 1. The third-order valence-corrected chi connectivity index (χ3v) is 3.89. The number of amides is 1. The number of ether oxygens (including phenoxy) is 1. The topological polar surface area (TPSA) is 41.6 Å². The third kappa shape index (κ3) is 6.40. The molecule has 1 unspecified atom stereocenters. The van der Waals surface area contributed by atoms with Crippen molar-refractivity contribution in [2.24, 2.45) is 5.92 Å². The fourth-order valence-corrected chi connectivity index (χ4v) is 2.42. The summed E-state index contributed by atoms with van der Waals surface area (Å²) in [6, 6.07) is 5.85. The van der Waals surface area contributed by atoms with Gasteiger partial charge in [0.25, 0.3) is 0 Å². The summed E-state index contributed by atoms with van der Waals surface area (Å²) in [5, 5.41) is 2.97. The molecule has 0 aliphatic heterocycles. The molecule has 1 amide bonds. The van der Waals surface area contributed by atoms with E-state index in [-0.39, 0.29) is 11.8 Å². The zero-order valence-electron chi connectivity index (χ0n) is 13.6. The average Bonchev–Trinajstić information content (AvgIpc) is 2.41. The highest BCUT2D eigenvalue weighted by Crippen LogP contribution is 2.26. The van der Waals surface area contributed by atoms with Crippen LogP contribution in [0.1, 0.15) is 12.5 Å². The number of nitrogens with one attached hydrogen (secondary N) is 1. The van der Waals surface area contributed by atoms with E-state index in [1.54, 1.807) is 11.8 Å². The molecular formula is C16H26N2O2S. The minimum atomic E-state index is -0.0177. The van der Waals surface area contributed by atoms with Gasteiger partial charge in [-0.25, -0.2) is 0 Å². The van der Waals surface area contributed by atoms with E-state index in [1.165, 1.54) is 0 Å². The van der Waals surface area contributed by atoms with Gasteiger partial charge in [0.1, 0.15) is 12.4 Å². The van der Waals surface area contributed by atoms with Crippen molar-refractivity contribution in [3.63, 3.8) is 0 Å². The largest absolute Gasteiger partial charge is 0.490 e. The minimum absolute atomic E-state index is 0.0177. The van der Waals surface area contributed by atoms with Crippen molar-refractivity contribution >= 4 is 23.4 Å². The van der Waals surface area contributed by atoms with Crippen LogP contribution in [0.2, 0.25) is 0 Å². The number of carbonyl (C=O) groups excluding carboxylic acids is 1. The van der Waals surface area contributed by atoms with Gasteiger partial charge in [0, 0.05) is 18.2 Å². The number of aryl methyl sites for hydroxylation is 1. The number of carbonyl (C=O) groups is 1. The molecule has 118 valence electrons. The van der Waals surface area contributed by atoms with Gasteiger partial charge in [-0.3, -0.25) is 4.79 Å². The molecule has 1 aromatic carbocycles. The molecule has 1 rings (SSSR count). The van der Waals surface area contributed by atoms with Crippen LogP contribution in [-0.4, -0.2) is 50.1 Å². The predicted molar refractivity (Wildman–Crippen MR) is 91.4 cm³/mol. The van der Waals surface area contributed by atoms with Gasteiger partial charge in [-0.05, 0) is 45.0 Å². The summed E-state index contributed by atoms with van der Waals surface area (Å²) >= 11 is 1.67. The summed E-state index contributed by atoms with van der Waals surface area (Å²) in [7, 11) is 4.01. The Morgan fingerprint density at radius 2 is 2.14 bits per heavy atom. The molecule has 0 saturated carbocycles. The van der Waals surface area contributed by atoms with Crippen molar-refractivity contribution in [2.75, 3.05) is 44.6 Å². The van der Waals surface area contributed by atoms with Crippen LogP contribution in [0.25, 0.3) is 0 Å². The standard InChI is InChI=1S/C16H26N2O2S/c1-12-6-7-14(17-16(19)13(2)11-21-5)15(10-12)20-9-8-18(3)4/h6-7,10,13H,8-9,11H2,1-5H3,(H,17,19). The molecule has 0 heterocycles. The molecule has 1 N–H and O–H groups in total. The van der Waals surface area contributed by atoms with Gasteiger partial charge < -0.3 is 15.0 Å². The second-order valence-electron chi connectivity index (χ2n) is 5.50. The molecular weight excluding hydrogens is 284 g/mol. The fourth-order valence-electron chi connectivity index (χ4n) is 1.77. The summed E-state index contributed by atoms with van der Waals surface area (Å²) in [6.07, 6.45) is 2.01. The van der Waals surface area contributed by atoms with Crippen molar-refractivity contribution in [3.8, 4) is 5.75 Å². The molecule has 1 aromatic rings. The summed E-state index contributed by atoms with van der Waals surface area (Å²) < 4.78 is 5.81. The van der Waals surface area contributed by atoms with Crippen LogP contribution in [0.15, 0.2) is 18.2 Å². The molecule has 0 bridgehead atoms. The Balaban J connectivity index is 2.74. The van der Waals surface area contributed by atoms with Crippen LogP contribution in [0.5, 0.6) is 5.75 Å². The molecule has 1 atom stereocenters. The quantitative estimate of drug-likeness (QED) is 0.801. The van der Waals surface area contributed by atoms with Crippen LogP contribution < -0.4 is 10.1 Å². The molecule has 21 heavy (non-hydrogen) atoms. The number of hydrogen-bond acceptors (Lipinski definition) is 4. The maximum atomic E-state index is 12.1. The maximum Gasteiger partial charge on any atom is 0.228 e. The Labute approximate surface area is 132 Å². The van der Waals surface area contributed by atoms with E-state index in [2.05, 4.69) is 10.2 Å². The molecule has 0 aromatic heterocycles. The smallest absolute Gasteiger partial charge is 0.228 e. The first-order chi connectivity index (χ1) is 9.93. The van der Waals surface area contributed by atoms with Gasteiger partial charge in [-0.15, -0.1) is 0 Å². The second kappa shape index (κ2) is 8.95. The summed E-state index contributed by atoms with van der Waals surface area (Å²) in [5.41, 5.74) is 1.86. The van der Waals surface area contributed by atoms with Crippen molar-refractivity contribution in [3.05, 3.63) is 23.8 Å². The van der Waals surface area contributed by atoms with Crippen LogP contribution in [-0.2, 0) is 4.79 Å². The number of nitrogens with zero attached hydrogens (tertiary/aromatic N) is 1. The van der Waals surface area contributed by atoms with Gasteiger partial charge >= 0.3 is 0 Å². The van der Waals surface area contributed by atoms with Crippen LogP contribution in [0.3, 0.4) is 0 Å². The van der Waals surface area contributed by atoms with Crippen molar-refractivity contribution in [2.45, 2.75) is 13.8 Å². The first kappa shape index (κ1) is 17.9. The summed E-state index contributed by atoms with van der Waals surface area (Å²) in [5.74, 6) is 1.57. The zero-order chi connectivity index (χ0) is 15.8. The first-order valence-corrected chi connectivity index (χ1v) is 8.51. The zero-order valence-corrected chi connectivity index (χ0v) is 14.4. The van der Waals surface area contributed by atoms with E-state index < -0.39 is 0 Å². The summed E-state index contributed by atoms with van der Waals surface area (Å²) in [4.78, 5) is 14.2. The van der Waals surface area contributed by atoms with Crippen LogP contribution in [0, 0.1) is 12.8 Å². The fraction of sp³-hybridized carbons (Fsp3) is 0.562. The molecule has 4 nitrogen and oxygen atoms in total. The summed E-state index contributed by atoms with van der Waals surface area (Å²) in [6.45, 7) is 5.39. The molecule has 0 aliphatic rings. The highest BCUT2D eigenvalue weighted by atomic mass is 32.2. The lowest BCUT2D eigenvalue weighted by molar-refractivity contribution is -0.118. The molecule has 0 saturated heterocycles. The molecule has 5 heteroatoms. The van der Waals surface area contributed by atoms with E-state index in [0.29, 0.717) is 6.61 Å². The second-order valence-corrected chi connectivity index (χ2v) is 6.41. The normalized spacial score (nSPS) is 12.3. The lowest BCUT2D eigenvalue weighted by Crippen LogP contribution is -2.23. The van der Waals surface area contributed by atoms with E-state index in [9.17, 15) is 4.79 Å². The van der Waals surface area contributed by atoms with E-state index in [0.717, 1.165) is 29.3 Å². The SMILES string of the molecule is CSCC(C)C(=O)Nc1ccc(C)cc1OCCN(C)C. The van der Waals surface area contributed by atoms with Gasteiger partial charge in [-0.2, -0.15) is 11.8 Å². The number of rotatable bonds is 8. The highest BCUT2D eigenvalue weighted by Gasteiger charge is 2.14. The van der Waals surface area contributed by atoms with E-state index in [1.807, 2.05) is 52.4 Å². The maximum absolute atomic E-state index is 12.1. The third-order valence-electron chi connectivity index (χ3n) is 3.06. The van der Waals surface area contributed by atoms with Gasteiger partial charge in [0.05, 0.1) is 5.69 Å². The van der Waals surface area contributed by atoms with Gasteiger partial charge in [0.15, 0.2) is 0 Å². The van der Waals surface area contributed by atoms with E-state index >= 15 is 0 Å². The Morgan fingerprint density at radius 1 is 1.43 bits per heavy atom. The van der Waals surface area contributed by atoms with Gasteiger partial charge in [-0.1, -0.05) is 13.0 Å². The monoisotopic (exact) mass is 310 g/mol. The van der Waals surface area contributed by atoms with Crippen molar-refractivity contribution in [1.82, 2.24) is 4.90 Å². The molecule has 0 aliphatic carbocycles. The van der Waals surface area contributed by atoms with Gasteiger partial charge in [0.2, 0.25) is 5.91 Å². The Kier molecular flexibility index (Phi) is 7.61. The van der Waals surface area contributed by atoms with E-state index in [4.69, 9.17) is 4.74 Å². The Bertz CT molecular complexity index is 464. The molecule has 0 fully saturated rings. The predicted octanol–water partition coefficient (Wildman–Crippen LogP) is 2.87. The Morgan fingerprint density at radius 3 is 2.76 bits per heavy atom. The lowest BCUT2D eigenvalue weighted by atomic mass is 10.1. The van der Waals surface area contributed by atoms with Crippen molar-refractivity contribution < 1.29 is 9.53 Å². The minimum Gasteiger partial charge on any atom is -0.490 e. The number of thioether (sulfide) groups is 1. The number of benzene rings is 1. The highest BCUT2D eigenvalue weighted by molar-refractivity contribution is 7.98. The van der Waals surface area contributed by atoms with Crippen LogP contribution in [0.4, 0.5) is 5.69 Å². The Hall–Kier alpha value is -1.20. The van der Waals surface area contributed by atoms with Crippen LogP contribution >= 0.6 is 11.8 Å². The van der Waals surface area contributed by atoms with Crippen molar-refractivity contribution in [1.29, 1.82) is 0 Å². The lowest BCUT2D eigenvalue weighted by Gasteiger charge is -2.17. The molecule has 0 spiro atoms. The number of anilines is 1. The average molecular weight is 310 g/mol. The number of likely N-dealkylation sites (N-methyl/N-ethyl adjacent to an activating group) is 1.